The quantitative estimate of drug-likeness (QED) is 0.531. The number of thiazole rings is 1. The number of benzene rings is 1. The van der Waals surface area contributed by atoms with Crippen LogP contribution in [0.15, 0.2) is 23.6 Å². The minimum absolute atomic E-state index is 0.0875. The van der Waals surface area contributed by atoms with Crippen molar-refractivity contribution in [3.63, 3.8) is 0 Å². The number of nitrogens with zero attached hydrogens (tertiary/aromatic N) is 2. The molecule has 3 aromatic rings. The van der Waals surface area contributed by atoms with E-state index in [4.69, 9.17) is 19.4 Å². The summed E-state index contributed by atoms with van der Waals surface area (Å²) in [5.41, 5.74) is 3.56. The van der Waals surface area contributed by atoms with Crippen LogP contribution in [0.2, 0.25) is 0 Å². The van der Waals surface area contributed by atoms with Crippen LogP contribution in [0.5, 0.6) is 11.5 Å². The van der Waals surface area contributed by atoms with Crippen LogP contribution < -0.4 is 9.47 Å². The van der Waals surface area contributed by atoms with Crippen LogP contribution >= 0.6 is 11.3 Å². The molecule has 0 spiro atoms. The van der Waals surface area contributed by atoms with Crippen LogP contribution in [0.25, 0.3) is 21.6 Å². The zero-order chi connectivity index (χ0) is 22.3. The molecule has 0 saturated heterocycles. The molecule has 0 amide bonds. The van der Waals surface area contributed by atoms with Gasteiger partial charge in [0.1, 0.15) is 22.2 Å². The smallest absolute Gasteiger partial charge is 0.306 e. The Labute approximate surface area is 186 Å². The highest BCUT2D eigenvalue weighted by atomic mass is 32.1. The van der Waals surface area contributed by atoms with Crippen molar-refractivity contribution in [2.24, 2.45) is 11.8 Å². The number of pyridine rings is 1. The minimum Gasteiger partial charge on any atom is -0.496 e. The second-order valence-corrected chi connectivity index (χ2v) is 9.52. The summed E-state index contributed by atoms with van der Waals surface area (Å²) >= 11 is 1.57. The number of ether oxygens (including phenoxy) is 2. The van der Waals surface area contributed by atoms with Gasteiger partial charge in [0.15, 0.2) is 0 Å². The number of aryl methyl sites for hydroxylation is 1. The Bertz CT molecular complexity index is 1120. The third kappa shape index (κ3) is 4.11. The normalized spacial score (nSPS) is 21.0. The first-order chi connectivity index (χ1) is 14.8. The Morgan fingerprint density at radius 3 is 2.61 bits per heavy atom. The molecule has 1 aliphatic carbocycles. The predicted octanol–water partition coefficient (Wildman–Crippen LogP) is 5.68. The fourth-order valence-corrected chi connectivity index (χ4v) is 5.23. The Morgan fingerprint density at radius 1 is 1.23 bits per heavy atom. The van der Waals surface area contributed by atoms with Gasteiger partial charge in [-0.1, -0.05) is 20.8 Å². The molecule has 1 saturated carbocycles. The SMILES string of the molecule is COc1ccc2c(O[C@@H]3CC(C(=O)O)[C@H](C)C3)cc(-c3nc(C(C)C)cs3)nc2c1C. The van der Waals surface area contributed by atoms with E-state index in [1.807, 2.05) is 32.0 Å². The highest BCUT2D eigenvalue weighted by molar-refractivity contribution is 7.13. The lowest BCUT2D eigenvalue weighted by Gasteiger charge is -2.17. The second kappa shape index (κ2) is 8.46. The molecule has 164 valence electrons. The average molecular weight is 441 g/mol. The molecule has 31 heavy (non-hydrogen) atoms. The summed E-state index contributed by atoms with van der Waals surface area (Å²) < 4.78 is 11.9. The fourth-order valence-electron chi connectivity index (χ4n) is 4.29. The summed E-state index contributed by atoms with van der Waals surface area (Å²) in [7, 11) is 1.65. The predicted molar refractivity (Wildman–Crippen MR) is 122 cm³/mol. The molecule has 0 radical (unpaired) electrons. The van der Waals surface area contributed by atoms with Gasteiger partial charge >= 0.3 is 5.97 Å². The van der Waals surface area contributed by atoms with Gasteiger partial charge in [0.05, 0.1) is 30.3 Å². The van der Waals surface area contributed by atoms with Crippen LogP contribution in [0.3, 0.4) is 0 Å². The molecule has 1 unspecified atom stereocenters. The standard InChI is InChI=1S/C24H28N2O4S/c1-12(2)19-11-31-23(26-19)18-10-21(30-15-8-13(3)17(9-15)24(27)28)16-6-7-20(29-5)14(4)22(16)25-18/h6-7,10-13,15,17H,8-9H2,1-5H3,(H,27,28)/t13-,15+,17?/m1/s1. The average Bonchev–Trinajstić information content (AvgIpc) is 3.36. The van der Waals surface area contributed by atoms with E-state index in [0.29, 0.717) is 12.3 Å². The second-order valence-electron chi connectivity index (χ2n) is 8.66. The Kier molecular flexibility index (Phi) is 5.88. The molecular weight excluding hydrogens is 412 g/mol. The fraction of sp³-hybridized carbons (Fsp3) is 0.458. The van der Waals surface area contributed by atoms with Gasteiger partial charge in [-0.25, -0.2) is 9.97 Å². The third-order valence-corrected chi connectivity index (χ3v) is 7.03. The number of carbonyl (C=O) groups is 1. The summed E-state index contributed by atoms with van der Waals surface area (Å²) in [6.07, 6.45) is 1.10. The monoisotopic (exact) mass is 440 g/mol. The van der Waals surface area contributed by atoms with E-state index in [-0.39, 0.29) is 17.9 Å². The largest absolute Gasteiger partial charge is 0.496 e. The van der Waals surface area contributed by atoms with Crippen molar-refractivity contribution in [3.8, 4) is 22.2 Å². The third-order valence-electron chi connectivity index (χ3n) is 6.15. The van der Waals surface area contributed by atoms with E-state index >= 15 is 0 Å². The Morgan fingerprint density at radius 2 is 2.00 bits per heavy atom. The number of hydrogen-bond acceptors (Lipinski definition) is 6. The maximum atomic E-state index is 11.5. The lowest BCUT2D eigenvalue weighted by atomic mass is 9.99. The van der Waals surface area contributed by atoms with Gasteiger partial charge in [-0.2, -0.15) is 0 Å². The van der Waals surface area contributed by atoms with Gasteiger partial charge < -0.3 is 14.6 Å². The topological polar surface area (TPSA) is 81.5 Å². The van der Waals surface area contributed by atoms with Crippen LogP contribution in [0.1, 0.15) is 50.8 Å². The molecule has 2 aromatic heterocycles. The van der Waals surface area contributed by atoms with Gasteiger partial charge in [-0.15, -0.1) is 11.3 Å². The van der Waals surface area contributed by atoms with Crippen LogP contribution in [-0.4, -0.2) is 34.3 Å². The van der Waals surface area contributed by atoms with E-state index in [1.54, 1.807) is 18.4 Å². The molecule has 3 atom stereocenters. The summed E-state index contributed by atoms with van der Waals surface area (Å²) in [6.45, 7) is 8.21. The number of methoxy groups -OCH3 is 1. The molecule has 0 bridgehead atoms. The first kappa shape index (κ1) is 21.6. The molecule has 2 heterocycles. The molecule has 6 nitrogen and oxygen atoms in total. The molecule has 7 heteroatoms. The number of aliphatic carboxylic acids is 1. The summed E-state index contributed by atoms with van der Waals surface area (Å²) in [4.78, 5) is 21.2. The summed E-state index contributed by atoms with van der Waals surface area (Å²) in [5, 5.41) is 13.3. The van der Waals surface area contributed by atoms with Gasteiger partial charge in [0.2, 0.25) is 0 Å². The highest BCUT2D eigenvalue weighted by Crippen LogP contribution is 2.40. The van der Waals surface area contributed by atoms with E-state index in [0.717, 1.165) is 50.8 Å². The van der Waals surface area contributed by atoms with E-state index in [9.17, 15) is 9.90 Å². The number of carboxylic acid groups (broad SMARTS) is 1. The Balaban J connectivity index is 1.79. The van der Waals surface area contributed by atoms with Gasteiger partial charge in [-0.3, -0.25) is 4.79 Å². The maximum absolute atomic E-state index is 11.5. The molecule has 0 aliphatic heterocycles. The van der Waals surface area contributed by atoms with E-state index < -0.39 is 5.97 Å². The molecular formula is C24H28N2O4S. The van der Waals surface area contributed by atoms with Crippen molar-refractivity contribution in [1.29, 1.82) is 0 Å². The zero-order valence-electron chi connectivity index (χ0n) is 18.5. The van der Waals surface area contributed by atoms with Crippen molar-refractivity contribution in [2.75, 3.05) is 7.11 Å². The van der Waals surface area contributed by atoms with Crippen LogP contribution in [0.4, 0.5) is 0 Å². The minimum atomic E-state index is -0.747. The van der Waals surface area contributed by atoms with Crippen molar-refractivity contribution >= 4 is 28.2 Å². The molecule has 4 rings (SSSR count). The number of aromatic nitrogens is 2. The van der Waals surface area contributed by atoms with E-state index in [2.05, 4.69) is 19.2 Å². The summed E-state index contributed by atoms with van der Waals surface area (Å²) in [6, 6.07) is 5.82. The summed E-state index contributed by atoms with van der Waals surface area (Å²) in [5.74, 6) is 0.802. The van der Waals surface area contributed by atoms with Crippen LogP contribution in [-0.2, 0) is 4.79 Å². The number of rotatable bonds is 6. The molecule has 1 N–H and O–H groups in total. The van der Waals surface area contributed by atoms with Gasteiger partial charge in [-0.05, 0) is 43.7 Å². The Hall–Kier alpha value is -2.67. The highest BCUT2D eigenvalue weighted by Gasteiger charge is 2.37. The lowest BCUT2D eigenvalue weighted by Crippen LogP contribution is -2.17. The van der Waals surface area contributed by atoms with Crippen molar-refractivity contribution in [1.82, 2.24) is 9.97 Å². The molecule has 1 fully saturated rings. The number of fused-ring (bicyclic) bond motifs is 1. The van der Waals surface area contributed by atoms with Gasteiger partial charge in [0.25, 0.3) is 0 Å². The number of carboxylic acids is 1. The van der Waals surface area contributed by atoms with E-state index in [1.165, 1.54) is 0 Å². The maximum Gasteiger partial charge on any atom is 0.306 e. The van der Waals surface area contributed by atoms with Crippen molar-refractivity contribution in [2.45, 2.75) is 52.6 Å². The first-order valence-corrected chi connectivity index (χ1v) is 11.5. The van der Waals surface area contributed by atoms with Crippen LogP contribution in [0, 0.1) is 18.8 Å². The number of hydrogen-bond donors (Lipinski definition) is 1. The van der Waals surface area contributed by atoms with Crippen molar-refractivity contribution < 1.29 is 19.4 Å². The van der Waals surface area contributed by atoms with Crippen molar-refractivity contribution in [3.05, 3.63) is 34.8 Å². The molecule has 1 aromatic carbocycles. The lowest BCUT2D eigenvalue weighted by molar-refractivity contribution is -0.142. The van der Waals surface area contributed by atoms with Gasteiger partial charge in [0, 0.05) is 22.4 Å². The first-order valence-electron chi connectivity index (χ1n) is 10.6. The molecule has 1 aliphatic rings. The zero-order valence-corrected chi connectivity index (χ0v) is 19.3.